The second kappa shape index (κ2) is 10.7. The fraction of sp³-hybridized carbons (Fsp3) is 0.286. The van der Waals surface area contributed by atoms with E-state index in [2.05, 4.69) is 22.3 Å². The summed E-state index contributed by atoms with van der Waals surface area (Å²) in [6.07, 6.45) is 2.03. The first-order valence-corrected chi connectivity index (χ1v) is 9.02. The highest BCUT2D eigenvalue weighted by Gasteiger charge is 2.10. The fourth-order valence-electron chi connectivity index (χ4n) is 2.31. The van der Waals surface area contributed by atoms with Crippen LogP contribution >= 0.6 is 0 Å². The molecular formula is C21H24N2O5. The van der Waals surface area contributed by atoms with Crippen molar-refractivity contribution in [2.75, 3.05) is 25.6 Å². The number of benzene rings is 2. The summed E-state index contributed by atoms with van der Waals surface area (Å²) in [7, 11) is 1.30. The number of amides is 2. The molecule has 0 unspecified atom stereocenters. The van der Waals surface area contributed by atoms with Crippen LogP contribution in [0.2, 0.25) is 0 Å². The first kappa shape index (κ1) is 21.0. The lowest BCUT2D eigenvalue weighted by Gasteiger charge is -2.09. The number of methoxy groups -OCH3 is 1. The zero-order valence-electron chi connectivity index (χ0n) is 16.0. The van der Waals surface area contributed by atoms with Crippen LogP contribution in [-0.4, -0.2) is 38.0 Å². The van der Waals surface area contributed by atoms with Gasteiger partial charge in [0, 0.05) is 11.3 Å². The predicted molar refractivity (Wildman–Crippen MR) is 106 cm³/mol. The molecule has 2 amide bonds. The maximum absolute atomic E-state index is 12.1. The number of carbonyl (C=O) groups is 3. The quantitative estimate of drug-likeness (QED) is 0.512. The second-order valence-corrected chi connectivity index (χ2v) is 6.03. The van der Waals surface area contributed by atoms with E-state index in [1.54, 1.807) is 48.5 Å². The molecule has 0 radical (unpaired) electrons. The molecule has 148 valence electrons. The van der Waals surface area contributed by atoms with Gasteiger partial charge < -0.3 is 20.1 Å². The van der Waals surface area contributed by atoms with E-state index in [1.165, 1.54) is 7.11 Å². The Morgan fingerprint density at radius 2 is 1.57 bits per heavy atom. The summed E-state index contributed by atoms with van der Waals surface area (Å²) in [6.45, 7) is 2.56. The number of carbonyl (C=O) groups excluding carboxylic acids is 3. The molecule has 7 heteroatoms. The van der Waals surface area contributed by atoms with E-state index < -0.39 is 5.97 Å². The zero-order valence-corrected chi connectivity index (χ0v) is 16.0. The predicted octanol–water partition coefficient (Wildman–Crippen LogP) is 3.02. The molecule has 28 heavy (non-hydrogen) atoms. The Balaban J connectivity index is 1.80. The van der Waals surface area contributed by atoms with Crippen LogP contribution in [0.1, 0.15) is 40.5 Å². The molecule has 0 aliphatic heterocycles. The van der Waals surface area contributed by atoms with Crippen LogP contribution in [0.4, 0.5) is 5.69 Å². The Hall–Kier alpha value is -3.35. The Bertz CT molecular complexity index is 801. The molecule has 0 saturated carbocycles. The minimum Gasteiger partial charge on any atom is -0.494 e. The molecule has 0 bridgehead atoms. The van der Waals surface area contributed by atoms with Crippen molar-refractivity contribution in [3.63, 3.8) is 0 Å². The summed E-state index contributed by atoms with van der Waals surface area (Å²) >= 11 is 0. The molecule has 0 atom stereocenters. The zero-order chi connectivity index (χ0) is 20.4. The lowest BCUT2D eigenvalue weighted by atomic mass is 10.2. The Kier molecular flexibility index (Phi) is 8.02. The van der Waals surface area contributed by atoms with Gasteiger partial charge in [0.2, 0.25) is 5.91 Å². The van der Waals surface area contributed by atoms with Crippen molar-refractivity contribution in [2.24, 2.45) is 0 Å². The van der Waals surface area contributed by atoms with Crippen LogP contribution in [0.25, 0.3) is 0 Å². The Labute approximate surface area is 164 Å². The molecule has 2 aromatic carbocycles. The van der Waals surface area contributed by atoms with Crippen molar-refractivity contribution in [1.29, 1.82) is 0 Å². The number of ether oxygens (including phenoxy) is 2. The van der Waals surface area contributed by atoms with Crippen molar-refractivity contribution < 1.29 is 23.9 Å². The highest BCUT2D eigenvalue weighted by molar-refractivity contribution is 5.99. The monoisotopic (exact) mass is 384 g/mol. The molecular weight excluding hydrogens is 360 g/mol. The van der Waals surface area contributed by atoms with Crippen LogP contribution in [0.5, 0.6) is 5.75 Å². The summed E-state index contributed by atoms with van der Waals surface area (Å²) in [6, 6.07) is 13.0. The van der Waals surface area contributed by atoms with Crippen LogP contribution in [-0.2, 0) is 9.53 Å². The van der Waals surface area contributed by atoms with E-state index in [0.717, 1.165) is 12.8 Å². The van der Waals surface area contributed by atoms with Gasteiger partial charge in [0.15, 0.2) is 0 Å². The van der Waals surface area contributed by atoms with Crippen LogP contribution in [0.15, 0.2) is 48.5 Å². The van der Waals surface area contributed by atoms with Crippen LogP contribution < -0.4 is 15.4 Å². The van der Waals surface area contributed by atoms with Crippen molar-refractivity contribution in [2.45, 2.75) is 19.8 Å². The van der Waals surface area contributed by atoms with E-state index in [4.69, 9.17) is 4.74 Å². The third-order valence-electron chi connectivity index (χ3n) is 3.88. The molecule has 0 fully saturated rings. The highest BCUT2D eigenvalue weighted by atomic mass is 16.5. The van der Waals surface area contributed by atoms with Crippen LogP contribution in [0.3, 0.4) is 0 Å². The summed E-state index contributed by atoms with van der Waals surface area (Å²) in [5, 5.41) is 5.21. The molecule has 0 spiro atoms. The molecule has 0 aliphatic rings. The summed E-state index contributed by atoms with van der Waals surface area (Å²) in [5.41, 5.74) is 1.34. The number of hydrogen-bond acceptors (Lipinski definition) is 5. The summed E-state index contributed by atoms with van der Waals surface area (Å²) in [4.78, 5) is 35.5. The molecule has 2 N–H and O–H groups in total. The van der Waals surface area contributed by atoms with Crippen LogP contribution in [0, 0.1) is 0 Å². The third-order valence-corrected chi connectivity index (χ3v) is 3.88. The first-order valence-electron chi connectivity index (χ1n) is 9.02. The molecule has 0 heterocycles. The third kappa shape index (κ3) is 6.42. The van der Waals surface area contributed by atoms with Crippen molar-refractivity contribution in [1.82, 2.24) is 5.32 Å². The van der Waals surface area contributed by atoms with Crippen molar-refractivity contribution in [3.8, 4) is 5.75 Å². The summed E-state index contributed by atoms with van der Waals surface area (Å²) < 4.78 is 10.2. The smallest absolute Gasteiger partial charge is 0.337 e. The fourth-order valence-corrected chi connectivity index (χ4v) is 2.31. The maximum Gasteiger partial charge on any atom is 0.337 e. The molecule has 2 aromatic rings. The van der Waals surface area contributed by atoms with E-state index >= 15 is 0 Å². The van der Waals surface area contributed by atoms with Gasteiger partial charge in [-0.3, -0.25) is 9.59 Å². The minimum absolute atomic E-state index is 0.174. The number of hydrogen-bond donors (Lipinski definition) is 2. The Morgan fingerprint density at radius 1 is 0.929 bits per heavy atom. The minimum atomic E-state index is -0.452. The number of esters is 1. The lowest BCUT2D eigenvalue weighted by molar-refractivity contribution is -0.115. The van der Waals surface area contributed by atoms with E-state index in [9.17, 15) is 14.4 Å². The largest absolute Gasteiger partial charge is 0.494 e. The van der Waals surface area contributed by atoms with Gasteiger partial charge in [-0.15, -0.1) is 0 Å². The van der Waals surface area contributed by atoms with Gasteiger partial charge in [0.05, 0.1) is 25.8 Å². The average molecular weight is 384 g/mol. The average Bonchev–Trinajstić information content (AvgIpc) is 2.72. The van der Waals surface area contributed by atoms with Gasteiger partial charge in [-0.05, 0) is 55.0 Å². The topological polar surface area (TPSA) is 93.7 Å². The van der Waals surface area contributed by atoms with Gasteiger partial charge in [0.25, 0.3) is 5.91 Å². The second-order valence-electron chi connectivity index (χ2n) is 6.03. The Morgan fingerprint density at radius 3 is 2.18 bits per heavy atom. The molecule has 7 nitrogen and oxygen atoms in total. The standard InChI is InChI=1S/C21H24N2O5/c1-3-4-13-28-18-11-7-15(8-12-18)20(25)22-14-19(24)23-17-9-5-16(6-10-17)21(26)27-2/h5-12H,3-4,13-14H2,1-2H3,(H,22,25)(H,23,24). The normalized spacial score (nSPS) is 10.1. The lowest BCUT2D eigenvalue weighted by Crippen LogP contribution is -2.32. The van der Waals surface area contributed by atoms with Gasteiger partial charge >= 0.3 is 5.97 Å². The van der Waals surface area contributed by atoms with Crippen molar-refractivity contribution >= 4 is 23.5 Å². The van der Waals surface area contributed by atoms with Gasteiger partial charge in [-0.25, -0.2) is 4.79 Å². The van der Waals surface area contributed by atoms with Gasteiger partial charge in [-0.1, -0.05) is 13.3 Å². The molecule has 0 aromatic heterocycles. The number of unbranched alkanes of at least 4 members (excludes halogenated alkanes) is 1. The van der Waals surface area contributed by atoms with Crippen molar-refractivity contribution in [3.05, 3.63) is 59.7 Å². The van der Waals surface area contributed by atoms with E-state index in [1.807, 2.05) is 0 Å². The number of nitrogens with one attached hydrogen (secondary N) is 2. The summed E-state index contributed by atoms with van der Waals surface area (Å²) in [5.74, 6) is -0.472. The maximum atomic E-state index is 12.1. The van der Waals surface area contributed by atoms with E-state index in [0.29, 0.717) is 29.2 Å². The first-order chi connectivity index (χ1) is 13.5. The van der Waals surface area contributed by atoms with Gasteiger partial charge in [-0.2, -0.15) is 0 Å². The number of anilines is 1. The molecule has 2 rings (SSSR count). The SMILES string of the molecule is CCCCOc1ccc(C(=O)NCC(=O)Nc2ccc(C(=O)OC)cc2)cc1. The van der Waals surface area contributed by atoms with Gasteiger partial charge in [0.1, 0.15) is 5.75 Å². The highest BCUT2D eigenvalue weighted by Crippen LogP contribution is 2.13. The molecule has 0 aliphatic carbocycles. The van der Waals surface area contributed by atoms with E-state index in [-0.39, 0.29) is 18.4 Å². The number of rotatable bonds is 9. The molecule has 0 saturated heterocycles.